The van der Waals surface area contributed by atoms with E-state index >= 15 is 0 Å². The first-order valence-electron chi connectivity index (χ1n) is 8.10. The maximum atomic E-state index is 12.0. The number of halogens is 2. The predicted octanol–water partition coefficient (Wildman–Crippen LogP) is 2.69. The molecule has 22 heavy (non-hydrogen) atoms. The molecule has 0 aromatic heterocycles. The second-order valence-electron chi connectivity index (χ2n) is 6.92. The fourth-order valence-electron chi connectivity index (χ4n) is 2.75. The zero-order valence-electron chi connectivity index (χ0n) is 14.7. The molecule has 1 heterocycles. The molecule has 1 fully saturated rings. The fraction of sp³-hybridized carbons (Fsp3) is 0.938. The van der Waals surface area contributed by atoms with E-state index in [0.717, 1.165) is 25.6 Å². The number of carbonyl (C=O) groups excluding carboxylic acids is 1. The summed E-state index contributed by atoms with van der Waals surface area (Å²) in [6.07, 6.45) is 2.54. The number of hydrogen-bond donors (Lipinski definition) is 2. The van der Waals surface area contributed by atoms with Gasteiger partial charge in [-0.3, -0.25) is 9.69 Å². The van der Waals surface area contributed by atoms with Crippen molar-refractivity contribution >= 4 is 30.7 Å². The summed E-state index contributed by atoms with van der Waals surface area (Å²) in [5, 5.41) is 3.09. The number of hydrogen-bond acceptors (Lipinski definition) is 3. The van der Waals surface area contributed by atoms with Crippen LogP contribution in [0, 0.1) is 17.8 Å². The van der Waals surface area contributed by atoms with Gasteiger partial charge in [0.15, 0.2) is 0 Å². The minimum Gasteiger partial charge on any atom is -0.354 e. The molecular weight excluding hydrogens is 321 g/mol. The molecule has 0 aromatic rings. The van der Waals surface area contributed by atoms with Gasteiger partial charge in [-0.15, -0.1) is 24.8 Å². The molecule has 1 aliphatic heterocycles. The summed E-state index contributed by atoms with van der Waals surface area (Å²) in [6.45, 7) is 13.6. The van der Waals surface area contributed by atoms with E-state index < -0.39 is 0 Å². The zero-order valence-corrected chi connectivity index (χ0v) is 16.3. The maximum absolute atomic E-state index is 12.0. The Morgan fingerprint density at radius 1 is 1.18 bits per heavy atom. The molecule has 3 N–H and O–H groups in total. The summed E-state index contributed by atoms with van der Waals surface area (Å²) in [5.41, 5.74) is 5.79. The Morgan fingerprint density at radius 2 is 1.68 bits per heavy atom. The van der Waals surface area contributed by atoms with Crippen molar-refractivity contribution in [3.63, 3.8) is 0 Å². The summed E-state index contributed by atoms with van der Waals surface area (Å²) in [5.74, 6) is 1.35. The van der Waals surface area contributed by atoms with Gasteiger partial charge >= 0.3 is 0 Å². The minimum atomic E-state index is -0.121. The Labute approximate surface area is 148 Å². The highest BCUT2D eigenvalue weighted by atomic mass is 35.5. The van der Waals surface area contributed by atoms with E-state index in [1.807, 2.05) is 13.8 Å². The molecule has 0 spiro atoms. The Morgan fingerprint density at radius 3 is 2.09 bits per heavy atom. The van der Waals surface area contributed by atoms with Crippen LogP contribution in [0.4, 0.5) is 0 Å². The summed E-state index contributed by atoms with van der Waals surface area (Å²) in [7, 11) is 0. The van der Waals surface area contributed by atoms with Crippen LogP contribution in [0.25, 0.3) is 0 Å². The molecule has 1 aliphatic rings. The first-order chi connectivity index (χ1) is 9.32. The van der Waals surface area contributed by atoms with Gasteiger partial charge in [0.25, 0.3) is 0 Å². The number of piperidine rings is 1. The highest BCUT2D eigenvalue weighted by Crippen LogP contribution is 2.21. The monoisotopic (exact) mass is 355 g/mol. The van der Waals surface area contributed by atoms with Crippen LogP contribution in [-0.4, -0.2) is 42.5 Å². The average molecular weight is 356 g/mol. The van der Waals surface area contributed by atoms with Gasteiger partial charge in [-0.2, -0.15) is 0 Å². The van der Waals surface area contributed by atoms with Gasteiger partial charge in [-0.1, -0.05) is 27.7 Å². The molecule has 134 valence electrons. The fourth-order valence-corrected chi connectivity index (χ4v) is 2.75. The van der Waals surface area contributed by atoms with Gasteiger partial charge in [-0.25, -0.2) is 0 Å². The van der Waals surface area contributed by atoms with Crippen LogP contribution in [-0.2, 0) is 4.79 Å². The highest BCUT2D eigenvalue weighted by Gasteiger charge is 2.26. The van der Waals surface area contributed by atoms with E-state index in [9.17, 15) is 4.79 Å². The van der Waals surface area contributed by atoms with Crippen molar-refractivity contribution in [2.24, 2.45) is 23.5 Å². The molecule has 4 nitrogen and oxygen atoms in total. The Balaban J connectivity index is 0. The Kier molecular flexibility index (Phi) is 12.7. The average Bonchev–Trinajstić information content (AvgIpc) is 2.39. The lowest BCUT2D eigenvalue weighted by Crippen LogP contribution is -2.51. The SMILES string of the molecule is CC1CCN(C(CNC(=O)C(C)C(C)N)C(C)C)CC1.Cl.Cl. The molecule has 6 heteroatoms. The number of nitrogens with zero attached hydrogens (tertiary/aromatic N) is 1. The molecule has 0 saturated carbocycles. The number of nitrogens with one attached hydrogen (secondary N) is 1. The number of carbonyl (C=O) groups is 1. The normalized spacial score (nSPS) is 20.5. The quantitative estimate of drug-likeness (QED) is 0.769. The van der Waals surface area contributed by atoms with Crippen LogP contribution >= 0.6 is 24.8 Å². The minimum absolute atomic E-state index is 0. The standard InChI is InChI=1S/C16H33N3O.2ClH/c1-11(2)15(19-8-6-12(3)7-9-19)10-18-16(20)13(4)14(5)17;;/h11-15H,6-10,17H2,1-5H3,(H,18,20);2*1H. The van der Waals surface area contributed by atoms with Crippen LogP contribution < -0.4 is 11.1 Å². The largest absolute Gasteiger partial charge is 0.354 e. The van der Waals surface area contributed by atoms with Crippen LogP contribution in [0.3, 0.4) is 0 Å². The molecule has 3 atom stereocenters. The van der Waals surface area contributed by atoms with Crippen molar-refractivity contribution in [1.82, 2.24) is 10.2 Å². The third-order valence-corrected chi connectivity index (χ3v) is 4.74. The number of nitrogens with two attached hydrogens (primary N) is 1. The van der Waals surface area contributed by atoms with E-state index in [4.69, 9.17) is 5.73 Å². The van der Waals surface area contributed by atoms with Crippen molar-refractivity contribution in [3.8, 4) is 0 Å². The van der Waals surface area contributed by atoms with E-state index in [2.05, 4.69) is 31.0 Å². The molecule has 0 aliphatic carbocycles. The number of rotatable bonds is 6. The van der Waals surface area contributed by atoms with E-state index in [0.29, 0.717) is 12.0 Å². The van der Waals surface area contributed by atoms with Gasteiger partial charge in [-0.05, 0) is 44.7 Å². The predicted molar refractivity (Wildman–Crippen MR) is 98.9 cm³/mol. The van der Waals surface area contributed by atoms with Crippen LogP contribution in [0.5, 0.6) is 0 Å². The molecule has 0 aromatic carbocycles. The lowest BCUT2D eigenvalue weighted by atomic mass is 9.94. The van der Waals surface area contributed by atoms with Gasteiger partial charge in [0, 0.05) is 24.5 Å². The third kappa shape index (κ3) is 7.49. The van der Waals surface area contributed by atoms with E-state index in [1.54, 1.807) is 0 Å². The first kappa shape index (κ1) is 24.2. The summed E-state index contributed by atoms with van der Waals surface area (Å²) >= 11 is 0. The Bertz CT molecular complexity index is 306. The van der Waals surface area contributed by atoms with Gasteiger partial charge in [0.2, 0.25) is 5.91 Å². The molecular formula is C16H35Cl2N3O. The van der Waals surface area contributed by atoms with Gasteiger partial charge in [0.1, 0.15) is 0 Å². The summed E-state index contributed by atoms with van der Waals surface area (Å²) in [6, 6.07) is 0.343. The third-order valence-electron chi connectivity index (χ3n) is 4.74. The van der Waals surface area contributed by atoms with Crippen molar-refractivity contribution < 1.29 is 4.79 Å². The number of likely N-dealkylation sites (tertiary alicyclic amines) is 1. The number of amides is 1. The van der Waals surface area contributed by atoms with Crippen molar-refractivity contribution in [2.45, 2.75) is 59.5 Å². The van der Waals surface area contributed by atoms with Crippen molar-refractivity contribution in [2.75, 3.05) is 19.6 Å². The highest BCUT2D eigenvalue weighted by molar-refractivity contribution is 5.85. The van der Waals surface area contributed by atoms with Crippen molar-refractivity contribution in [3.05, 3.63) is 0 Å². The first-order valence-corrected chi connectivity index (χ1v) is 8.10. The topological polar surface area (TPSA) is 58.4 Å². The lowest BCUT2D eigenvalue weighted by Gasteiger charge is -2.39. The van der Waals surface area contributed by atoms with Crippen LogP contribution in [0.15, 0.2) is 0 Å². The summed E-state index contributed by atoms with van der Waals surface area (Å²) < 4.78 is 0. The second kappa shape index (κ2) is 11.5. The molecule has 0 bridgehead atoms. The van der Waals surface area contributed by atoms with Gasteiger partial charge in [0.05, 0.1) is 0 Å². The Hall–Kier alpha value is -0.0300. The van der Waals surface area contributed by atoms with Gasteiger partial charge < -0.3 is 11.1 Å². The lowest BCUT2D eigenvalue weighted by molar-refractivity contribution is -0.125. The van der Waals surface area contributed by atoms with E-state index in [-0.39, 0.29) is 42.7 Å². The zero-order chi connectivity index (χ0) is 15.3. The second-order valence-corrected chi connectivity index (χ2v) is 6.92. The molecule has 1 rings (SSSR count). The smallest absolute Gasteiger partial charge is 0.224 e. The molecule has 1 amide bonds. The maximum Gasteiger partial charge on any atom is 0.224 e. The molecule has 0 radical (unpaired) electrons. The summed E-state index contributed by atoms with van der Waals surface area (Å²) in [4.78, 5) is 14.6. The van der Waals surface area contributed by atoms with E-state index in [1.165, 1.54) is 12.8 Å². The molecule has 1 saturated heterocycles. The molecule has 3 unspecified atom stereocenters. The van der Waals surface area contributed by atoms with Crippen molar-refractivity contribution in [1.29, 1.82) is 0 Å². The van der Waals surface area contributed by atoms with Crippen LogP contribution in [0.1, 0.15) is 47.5 Å². The van der Waals surface area contributed by atoms with Crippen LogP contribution in [0.2, 0.25) is 0 Å².